The molecule has 0 amide bonds. The molecule has 34 heavy (non-hydrogen) atoms. The van der Waals surface area contributed by atoms with Crippen molar-refractivity contribution in [3.63, 3.8) is 0 Å². The summed E-state index contributed by atoms with van der Waals surface area (Å²) in [5, 5.41) is 0. The summed E-state index contributed by atoms with van der Waals surface area (Å²) in [5.41, 5.74) is 9.70. The van der Waals surface area contributed by atoms with Crippen molar-refractivity contribution in [3.8, 4) is 5.75 Å². The number of ether oxygens (including phenoxy) is 2. The molecule has 2 aromatic carbocycles. The normalized spacial score (nSPS) is 25.4. The Morgan fingerprint density at radius 3 is 1.88 bits per heavy atom. The van der Waals surface area contributed by atoms with E-state index in [0.29, 0.717) is 12.0 Å². The minimum atomic E-state index is 0.461. The summed E-state index contributed by atoms with van der Waals surface area (Å²) in [6.07, 6.45) is 10.9. The van der Waals surface area contributed by atoms with E-state index in [4.69, 9.17) is 9.47 Å². The monoisotopic (exact) mass is 462 g/mol. The van der Waals surface area contributed by atoms with Crippen LogP contribution >= 0.6 is 0 Å². The third kappa shape index (κ3) is 6.45. The first-order valence-electron chi connectivity index (χ1n) is 13.7. The van der Waals surface area contributed by atoms with Gasteiger partial charge < -0.3 is 9.47 Å². The SMILES string of the molecule is Cc1cc(C)c(OCC2CCC(CC3CCC(Cc4cc(C)c(C)c(C)c4)CC3)OC2)c(C)c1. The van der Waals surface area contributed by atoms with Crippen LogP contribution in [-0.4, -0.2) is 19.3 Å². The van der Waals surface area contributed by atoms with Crippen molar-refractivity contribution < 1.29 is 9.47 Å². The first kappa shape index (κ1) is 25.3. The van der Waals surface area contributed by atoms with Gasteiger partial charge in [-0.15, -0.1) is 0 Å². The van der Waals surface area contributed by atoms with E-state index < -0.39 is 0 Å². The molecule has 2 aromatic rings. The first-order valence-corrected chi connectivity index (χ1v) is 13.7. The Labute approximate surface area is 208 Å². The van der Waals surface area contributed by atoms with Crippen LogP contribution in [0.5, 0.6) is 5.75 Å². The number of benzene rings is 2. The van der Waals surface area contributed by atoms with Crippen LogP contribution in [0.15, 0.2) is 24.3 Å². The summed E-state index contributed by atoms with van der Waals surface area (Å²) in [7, 11) is 0. The van der Waals surface area contributed by atoms with Gasteiger partial charge in [-0.2, -0.15) is 0 Å². The Hall–Kier alpha value is -1.80. The van der Waals surface area contributed by atoms with Gasteiger partial charge in [0.25, 0.3) is 0 Å². The molecule has 0 N–H and O–H groups in total. The van der Waals surface area contributed by atoms with E-state index in [1.54, 1.807) is 5.56 Å². The van der Waals surface area contributed by atoms with E-state index in [2.05, 4.69) is 65.8 Å². The maximum atomic E-state index is 6.34. The van der Waals surface area contributed by atoms with Gasteiger partial charge in [-0.1, -0.05) is 42.7 Å². The summed E-state index contributed by atoms with van der Waals surface area (Å²) >= 11 is 0. The van der Waals surface area contributed by atoms with Crippen molar-refractivity contribution >= 4 is 0 Å². The molecule has 1 aliphatic carbocycles. The lowest BCUT2D eigenvalue weighted by molar-refractivity contribution is -0.0405. The molecule has 0 radical (unpaired) electrons. The lowest BCUT2D eigenvalue weighted by atomic mass is 9.76. The van der Waals surface area contributed by atoms with Crippen molar-refractivity contribution in [1.29, 1.82) is 0 Å². The maximum Gasteiger partial charge on any atom is 0.125 e. The van der Waals surface area contributed by atoms with Crippen LogP contribution in [0.3, 0.4) is 0 Å². The van der Waals surface area contributed by atoms with Crippen molar-refractivity contribution in [3.05, 3.63) is 63.2 Å². The van der Waals surface area contributed by atoms with Crippen LogP contribution in [0.4, 0.5) is 0 Å². The van der Waals surface area contributed by atoms with Gasteiger partial charge in [0.2, 0.25) is 0 Å². The maximum absolute atomic E-state index is 6.34. The summed E-state index contributed by atoms with van der Waals surface area (Å²) in [4.78, 5) is 0. The predicted octanol–water partition coefficient (Wildman–Crippen LogP) is 8.15. The molecule has 186 valence electrons. The molecule has 2 unspecified atom stereocenters. The first-order chi connectivity index (χ1) is 16.3. The average Bonchev–Trinajstić information content (AvgIpc) is 2.79. The molecule has 2 fully saturated rings. The lowest BCUT2D eigenvalue weighted by Crippen LogP contribution is -2.31. The second-order valence-electron chi connectivity index (χ2n) is 11.6. The number of aryl methyl sites for hydroxylation is 5. The van der Waals surface area contributed by atoms with E-state index >= 15 is 0 Å². The second-order valence-corrected chi connectivity index (χ2v) is 11.6. The highest BCUT2D eigenvalue weighted by molar-refractivity contribution is 5.43. The molecular formula is C32H46O2. The van der Waals surface area contributed by atoms with Crippen molar-refractivity contribution in [2.24, 2.45) is 17.8 Å². The van der Waals surface area contributed by atoms with E-state index in [0.717, 1.165) is 30.8 Å². The van der Waals surface area contributed by atoms with Gasteiger partial charge in [0.05, 0.1) is 19.3 Å². The Morgan fingerprint density at radius 2 is 1.29 bits per heavy atom. The van der Waals surface area contributed by atoms with Crippen LogP contribution in [0.25, 0.3) is 0 Å². The molecule has 2 heteroatoms. The van der Waals surface area contributed by atoms with Crippen LogP contribution in [0.1, 0.15) is 83.9 Å². The average molecular weight is 463 g/mol. The molecule has 1 saturated carbocycles. The van der Waals surface area contributed by atoms with E-state index in [9.17, 15) is 0 Å². The molecule has 2 aliphatic rings. The Morgan fingerprint density at radius 1 is 0.706 bits per heavy atom. The third-order valence-electron chi connectivity index (χ3n) is 8.61. The van der Waals surface area contributed by atoms with Gasteiger partial charge in [0, 0.05) is 5.92 Å². The standard InChI is InChI=1S/C32H46O2/c1-21-13-24(4)32(25(5)14-21)34-20-29-11-12-31(33-19-29)18-28-9-7-27(8-10-28)17-30-15-22(2)26(6)23(3)16-30/h13-16,27-29,31H,7-12,17-20H2,1-6H3. The summed E-state index contributed by atoms with van der Waals surface area (Å²) in [6.45, 7) is 14.9. The number of hydrogen-bond acceptors (Lipinski definition) is 2. The van der Waals surface area contributed by atoms with Crippen LogP contribution < -0.4 is 4.74 Å². The molecule has 1 aliphatic heterocycles. The Kier molecular flexibility index (Phi) is 8.40. The third-order valence-corrected chi connectivity index (χ3v) is 8.61. The van der Waals surface area contributed by atoms with Crippen LogP contribution in [0.2, 0.25) is 0 Å². The molecule has 0 spiro atoms. The fourth-order valence-corrected chi connectivity index (χ4v) is 6.39. The van der Waals surface area contributed by atoms with Crippen LogP contribution in [0, 0.1) is 59.3 Å². The minimum absolute atomic E-state index is 0.461. The van der Waals surface area contributed by atoms with E-state index in [1.165, 1.54) is 84.7 Å². The van der Waals surface area contributed by atoms with Crippen molar-refractivity contribution in [1.82, 2.24) is 0 Å². The molecule has 0 aromatic heterocycles. The Bertz CT molecular complexity index is 913. The fraction of sp³-hybridized carbons (Fsp3) is 0.625. The zero-order valence-corrected chi connectivity index (χ0v) is 22.5. The molecule has 2 nitrogen and oxygen atoms in total. The van der Waals surface area contributed by atoms with Gasteiger partial charge in [-0.05, 0) is 125 Å². The summed E-state index contributed by atoms with van der Waals surface area (Å²) in [6, 6.07) is 9.28. The van der Waals surface area contributed by atoms with Crippen molar-refractivity contribution in [2.75, 3.05) is 13.2 Å². The van der Waals surface area contributed by atoms with Gasteiger partial charge in [-0.3, -0.25) is 0 Å². The highest BCUT2D eigenvalue weighted by atomic mass is 16.5. The Balaban J connectivity index is 1.16. The lowest BCUT2D eigenvalue weighted by Gasteiger charge is -2.34. The number of rotatable bonds is 7. The zero-order chi connectivity index (χ0) is 24.2. The van der Waals surface area contributed by atoms with Gasteiger partial charge in [0.1, 0.15) is 5.75 Å². The quantitative estimate of drug-likeness (QED) is 0.413. The highest BCUT2D eigenvalue weighted by Crippen LogP contribution is 2.36. The molecule has 4 rings (SSSR count). The smallest absolute Gasteiger partial charge is 0.125 e. The molecule has 0 bridgehead atoms. The zero-order valence-electron chi connectivity index (χ0n) is 22.5. The molecule has 1 saturated heterocycles. The topological polar surface area (TPSA) is 18.5 Å². The fourth-order valence-electron chi connectivity index (χ4n) is 6.39. The van der Waals surface area contributed by atoms with Gasteiger partial charge in [0.15, 0.2) is 0 Å². The van der Waals surface area contributed by atoms with Crippen LogP contribution in [-0.2, 0) is 11.2 Å². The number of hydrogen-bond donors (Lipinski definition) is 0. The largest absolute Gasteiger partial charge is 0.493 e. The second kappa shape index (κ2) is 11.3. The highest BCUT2D eigenvalue weighted by Gasteiger charge is 2.28. The van der Waals surface area contributed by atoms with E-state index in [-0.39, 0.29) is 0 Å². The summed E-state index contributed by atoms with van der Waals surface area (Å²) < 4.78 is 12.6. The molecule has 2 atom stereocenters. The molecular weight excluding hydrogens is 416 g/mol. The van der Waals surface area contributed by atoms with E-state index in [1.807, 2.05) is 0 Å². The van der Waals surface area contributed by atoms with Gasteiger partial charge >= 0.3 is 0 Å². The minimum Gasteiger partial charge on any atom is -0.493 e. The molecule has 1 heterocycles. The predicted molar refractivity (Wildman–Crippen MR) is 143 cm³/mol. The van der Waals surface area contributed by atoms with Crippen molar-refractivity contribution in [2.45, 2.75) is 99.0 Å². The summed E-state index contributed by atoms with van der Waals surface area (Å²) in [5.74, 6) is 3.31. The van der Waals surface area contributed by atoms with Gasteiger partial charge in [-0.25, -0.2) is 0 Å².